The topological polar surface area (TPSA) is 108 Å². The summed E-state index contributed by atoms with van der Waals surface area (Å²) in [6, 6.07) is 8.99. The highest BCUT2D eigenvalue weighted by atomic mass is 32.2. The average molecular weight is 499 g/mol. The molecule has 7 nitrogen and oxygen atoms in total. The number of carboxylic acids is 1. The third kappa shape index (κ3) is 3.02. The highest BCUT2D eigenvalue weighted by Crippen LogP contribution is 2.68. The van der Waals surface area contributed by atoms with Crippen molar-refractivity contribution in [1.29, 1.82) is 0 Å². The van der Waals surface area contributed by atoms with Crippen LogP contribution in [-0.2, 0) is 14.4 Å². The highest BCUT2D eigenvalue weighted by Gasteiger charge is 2.70. The molecule has 2 aromatic rings. The summed E-state index contributed by atoms with van der Waals surface area (Å²) in [6.07, 6.45) is 1.06. The lowest BCUT2D eigenvalue weighted by atomic mass is 9.68. The Morgan fingerprint density at radius 2 is 1.79 bits per heavy atom. The van der Waals surface area contributed by atoms with Crippen LogP contribution in [0.3, 0.4) is 0 Å². The van der Waals surface area contributed by atoms with Gasteiger partial charge in [-0.3, -0.25) is 19.3 Å². The largest absolute Gasteiger partial charge is 0.480 e. The normalized spacial score (nSPS) is 34.3. The van der Waals surface area contributed by atoms with E-state index in [-0.39, 0.29) is 57.9 Å². The first kappa shape index (κ1) is 22.1. The number of carboxylic acid groups (broad SMARTS) is 1. The standard InChI is InChI=1S/C25H26N2O5S2/c1-10(2)8-14(24(30)31)27-22(28)17-12-9-13(18(17)23(27)29)19-16(12)15(11-6-4-3-5-7-11)20-21(33-19)26-25(32)34-20/h3-7,10,12-19H,8-9H2,1-2H3,(H,26,32)(H,30,31)/t12-,13+,14-,15-,16+,17+,18-,19-/m1/s1. The Balaban J connectivity index is 1.42. The quantitative estimate of drug-likeness (QED) is 0.612. The molecule has 2 saturated carbocycles. The maximum atomic E-state index is 13.7. The third-order valence-corrected chi connectivity index (χ3v) is 10.8. The number of amides is 2. The van der Waals surface area contributed by atoms with Gasteiger partial charge in [-0.25, -0.2) is 4.79 Å². The number of benzene rings is 1. The molecule has 9 heteroatoms. The minimum Gasteiger partial charge on any atom is -0.480 e. The van der Waals surface area contributed by atoms with Crippen molar-refractivity contribution in [3.8, 4) is 0 Å². The number of imide groups is 1. The summed E-state index contributed by atoms with van der Waals surface area (Å²) in [5.74, 6) is -2.48. The van der Waals surface area contributed by atoms with Crippen LogP contribution in [0, 0.1) is 35.5 Å². The van der Waals surface area contributed by atoms with Gasteiger partial charge in [0.1, 0.15) is 6.04 Å². The van der Waals surface area contributed by atoms with Gasteiger partial charge >= 0.3 is 10.8 Å². The molecule has 0 radical (unpaired) electrons. The van der Waals surface area contributed by atoms with Gasteiger partial charge in [0, 0.05) is 16.0 Å². The third-order valence-electron chi connectivity index (χ3n) is 8.21. The highest BCUT2D eigenvalue weighted by molar-refractivity contribution is 8.00. The number of nitrogens with zero attached hydrogens (tertiary/aromatic N) is 1. The first-order valence-corrected chi connectivity index (χ1v) is 13.5. The lowest BCUT2D eigenvalue weighted by molar-refractivity contribution is -0.156. The van der Waals surface area contributed by atoms with Gasteiger partial charge < -0.3 is 10.1 Å². The number of carbonyl (C=O) groups excluding carboxylic acids is 2. The van der Waals surface area contributed by atoms with Gasteiger partial charge in [-0.05, 0) is 42.1 Å². The van der Waals surface area contributed by atoms with Crippen molar-refractivity contribution in [3.63, 3.8) is 0 Å². The monoisotopic (exact) mass is 498 g/mol. The number of fused-ring (bicyclic) bond motifs is 9. The van der Waals surface area contributed by atoms with Crippen LogP contribution in [0.4, 0.5) is 0 Å². The zero-order chi connectivity index (χ0) is 23.9. The first-order valence-electron chi connectivity index (χ1n) is 11.8. The van der Waals surface area contributed by atoms with Gasteiger partial charge in [-0.2, -0.15) is 0 Å². The number of nitrogens with one attached hydrogen (secondary N) is 1. The predicted octanol–water partition coefficient (Wildman–Crippen LogP) is 3.41. The molecule has 8 atom stereocenters. The van der Waals surface area contributed by atoms with E-state index in [9.17, 15) is 24.3 Å². The van der Waals surface area contributed by atoms with Crippen LogP contribution in [0.25, 0.3) is 0 Å². The van der Waals surface area contributed by atoms with Crippen LogP contribution in [0.15, 0.2) is 40.2 Å². The molecule has 2 aliphatic heterocycles. The molecule has 1 aromatic heterocycles. The SMILES string of the molecule is CC(C)C[C@H](C(=O)O)N1C(=O)[C@@H]2[C@@H]3C[C@@H]([C@@H]2C1=O)[C@H]1[C@@H](c2ccccc2)c2sc(=O)[nH]c2S[C@H]31. The zero-order valence-corrected chi connectivity index (χ0v) is 20.5. The van der Waals surface area contributed by atoms with E-state index in [0.29, 0.717) is 0 Å². The van der Waals surface area contributed by atoms with Gasteiger partial charge in [0.15, 0.2) is 0 Å². The summed E-state index contributed by atoms with van der Waals surface area (Å²) < 4.78 is 0. The van der Waals surface area contributed by atoms with E-state index in [4.69, 9.17) is 0 Å². The van der Waals surface area contributed by atoms with E-state index in [1.54, 1.807) is 11.8 Å². The van der Waals surface area contributed by atoms with Gasteiger partial charge in [-0.1, -0.05) is 55.5 Å². The van der Waals surface area contributed by atoms with Gasteiger partial charge in [-0.15, -0.1) is 11.8 Å². The van der Waals surface area contributed by atoms with Crippen molar-refractivity contribution in [2.24, 2.45) is 35.5 Å². The number of aromatic nitrogens is 1. The van der Waals surface area contributed by atoms with E-state index in [1.165, 1.54) is 11.3 Å². The summed E-state index contributed by atoms with van der Waals surface area (Å²) in [7, 11) is 0. The number of thiazole rings is 1. The molecule has 34 heavy (non-hydrogen) atoms. The van der Waals surface area contributed by atoms with E-state index < -0.39 is 23.8 Å². The second kappa shape index (κ2) is 7.81. The minimum absolute atomic E-state index is 0.00185. The molecule has 6 rings (SSSR count). The van der Waals surface area contributed by atoms with Crippen LogP contribution < -0.4 is 4.87 Å². The Bertz CT molecular complexity index is 1240. The molecule has 0 unspecified atom stereocenters. The maximum absolute atomic E-state index is 13.7. The van der Waals surface area contributed by atoms with Crippen LogP contribution in [0.1, 0.15) is 43.0 Å². The fraction of sp³-hybridized carbons (Fsp3) is 0.520. The predicted molar refractivity (Wildman–Crippen MR) is 128 cm³/mol. The lowest BCUT2D eigenvalue weighted by Gasteiger charge is -2.43. The molecule has 2 N–H and O–H groups in total. The number of H-pyrrole nitrogens is 1. The van der Waals surface area contributed by atoms with Crippen LogP contribution >= 0.6 is 23.1 Å². The van der Waals surface area contributed by atoms with Gasteiger partial charge in [0.25, 0.3) is 0 Å². The molecule has 4 aliphatic rings. The van der Waals surface area contributed by atoms with Crippen molar-refractivity contribution in [1.82, 2.24) is 9.88 Å². The number of carbonyl (C=O) groups is 3. The molecule has 3 heterocycles. The van der Waals surface area contributed by atoms with E-state index in [0.717, 1.165) is 26.8 Å². The molecule has 2 bridgehead atoms. The molecule has 1 saturated heterocycles. The number of hydrogen-bond donors (Lipinski definition) is 2. The second-order valence-corrected chi connectivity index (χ2v) is 12.6. The molecule has 0 spiro atoms. The molecular weight excluding hydrogens is 472 g/mol. The number of rotatable bonds is 5. The smallest absolute Gasteiger partial charge is 0.326 e. The Morgan fingerprint density at radius 3 is 2.44 bits per heavy atom. The maximum Gasteiger partial charge on any atom is 0.326 e. The minimum atomic E-state index is -1.11. The Labute approximate surface area is 204 Å². The molecule has 2 aliphatic carbocycles. The summed E-state index contributed by atoms with van der Waals surface area (Å²) in [6.45, 7) is 3.81. The number of aliphatic carboxylic acids is 1. The lowest BCUT2D eigenvalue weighted by Crippen LogP contribution is -2.47. The van der Waals surface area contributed by atoms with Crippen molar-refractivity contribution < 1.29 is 19.5 Å². The summed E-state index contributed by atoms with van der Waals surface area (Å²) in [5.41, 5.74) is 1.12. The van der Waals surface area contributed by atoms with Crippen LogP contribution in [0.5, 0.6) is 0 Å². The Kier molecular flexibility index (Phi) is 5.08. The number of likely N-dealkylation sites (tertiary alicyclic amines) is 1. The van der Waals surface area contributed by atoms with Crippen molar-refractivity contribution >= 4 is 40.9 Å². The molecule has 2 amide bonds. The van der Waals surface area contributed by atoms with Crippen LogP contribution in [0.2, 0.25) is 0 Å². The van der Waals surface area contributed by atoms with E-state index in [2.05, 4.69) is 17.1 Å². The first-order chi connectivity index (χ1) is 16.3. The van der Waals surface area contributed by atoms with Crippen molar-refractivity contribution in [3.05, 3.63) is 50.4 Å². The van der Waals surface area contributed by atoms with E-state index >= 15 is 0 Å². The van der Waals surface area contributed by atoms with Gasteiger partial charge in [0.05, 0.1) is 16.9 Å². The molecule has 1 aromatic carbocycles. The Hall–Kier alpha value is -2.39. The fourth-order valence-corrected chi connectivity index (χ4v) is 10.0. The number of aromatic amines is 1. The van der Waals surface area contributed by atoms with Crippen molar-refractivity contribution in [2.45, 2.75) is 48.9 Å². The van der Waals surface area contributed by atoms with E-state index in [1.807, 2.05) is 32.0 Å². The zero-order valence-electron chi connectivity index (χ0n) is 18.8. The Morgan fingerprint density at radius 1 is 1.12 bits per heavy atom. The number of hydrogen-bond acceptors (Lipinski definition) is 6. The van der Waals surface area contributed by atoms with Gasteiger partial charge in [0.2, 0.25) is 11.8 Å². The summed E-state index contributed by atoms with van der Waals surface area (Å²) in [4.78, 5) is 56.6. The van der Waals surface area contributed by atoms with Crippen LogP contribution in [-0.4, -0.2) is 44.1 Å². The summed E-state index contributed by atoms with van der Waals surface area (Å²) >= 11 is 2.89. The number of thioether (sulfide) groups is 1. The molecule has 3 fully saturated rings. The van der Waals surface area contributed by atoms with Crippen molar-refractivity contribution in [2.75, 3.05) is 0 Å². The molecule has 178 valence electrons. The second-order valence-electron chi connectivity index (χ2n) is 10.4. The molecular formula is C25H26N2O5S2. The fourth-order valence-electron chi connectivity index (χ4n) is 7.14. The average Bonchev–Trinajstić information content (AvgIpc) is 3.51. The summed E-state index contributed by atoms with van der Waals surface area (Å²) in [5, 5.41) is 10.9.